The van der Waals surface area contributed by atoms with Gasteiger partial charge in [0.25, 0.3) is 0 Å². The molecule has 1 atom stereocenters. The third-order valence-electron chi connectivity index (χ3n) is 4.12. The Labute approximate surface area is 119 Å². The van der Waals surface area contributed by atoms with Gasteiger partial charge in [-0.05, 0) is 12.0 Å². The molecule has 3 rings (SSSR count). The number of rotatable bonds is 3. The standard InChI is InChI=1S/C13H15F3N4O/c14-13(15,16)11-1-2-20(7-11)12-17-3-9(4-18-12)10-5-19(6-10)8-21/h3-4,8,10-11H,1-2,5-7H2/t11-/m0/s1. The molecule has 2 aliphatic rings. The molecule has 114 valence electrons. The fraction of sp³-hybridized carbons (Fsp3) is 0.615. The summed E-state index contributed by atoms with van der Waals surface area (Å²) in [7, 11) is 0. The van der Waals surface area contributed by atoms with Crippen molar-refractivity contribution in [1.82, 2.24) is 14.9 Å². The van der Waals surface area contributed by atoms with Gasteiger partial charge >= 0.3 is 6.18 Å². The van der Waals surface area contributed by atoms with Crippen molar-refractivity contribution in [1.29, 1.82) is 0 Å². The summed E-state index contributed by atoms with van der Waals surface area (Å²) in [6, 6.07) is 0. The summed E-state index contributed by atoms with van der Waals surface area (Å²) in [5.74, 6) is -0.726. The van der Waals surface area contributed by atoms with E-state index in [-0.39, 0.29) is 18.9 Å². The number of carbonyl (C=O) groups excluding carboxylic acids is 1. The number of alkyl halides is 3. The zero-order chi connectivity index (χ0) is 15.0. The van der Waals surface area contributed by atoms with Gasteiger partial charge in [-0.2, -0.15) is 13.2 Å². The lowest BCUT2D eigenvalue weighted by Crippen LogP contribution is -2.43. The molecule has 0 saturated carbocycles. The van der Waals surface area contributed by atoms with E-state index in [2.05, 4.69) is 9.97 Å². The summed E-state index contributed by atoms with van der Waals surface area (Å²) in [5.41, 5.74) is 0.920. The average molecular weight is 300 g/mol. The smallest absolute Gasteiger partial charge is 0.344 e. The topological polar surface area (TPSA) is 49.3 Å². The van der Waals surface area contributed by atoms with E-state index in [9.17, 15) is 18.0 Å². The molecule has 0 aromatic carbocycles. The molecule has 21 heavy (non-hydrogen) atoms. The Morgan fingerprint density at radius 1 is 1.19 bits per heavy atom. The first-order chi connectivity index (χ1) is 9.97. The van der Waals surface area contributed by atoms with E-state index in [1.807, 2.05) is 0 Å². The molecular weight excluding hydrogens is 285 g/mol. The second-order valence-corrected chi connectivity index (χ2v) is 5.55. The first-order valence-electron chi connectivity index (χ1n) is 6.80. The van der Waals surface area contributed by atoms with Gasteiger partial charge in [-0.1, -0.05) is 0 Å². The minimum absolute atomic E-state index is 0.0782. The molecule has 0 bridgehead atoms. The third-order valence-corrected chi connectivity index (χ3v) is 4.12. The lowest BCUT2D eigenvalue weighted by Gasteiger charge is -2.36. The zero-order valence-electron chi connectivity index (χ0n) is 11.3. The van der Waals surface area contributed by atoms with Crippen LogP contribution in [0.15, 0.2) is 12.4 Å². The lowest BCUT2D eigenvalue weighted by atomic mass is 9.94. The number of nitrogens with zero attached hydrogens (tertiary/aromatic N) is 4. The van der Waals surface area contributed by atoms with E-state index in [4.69, 9.17) is 0 Å². The Bertz CT molecular complexity index is 513. The molecule has 1 amide bonds. The van der Waals surface area contributed by atoms with E-state index in [0.717, 1.165) is 12.0 Å². The van der Waals surface area contributed by atoms with Crippen molar-refractivity contribution in [3.63, 3.8) is 0 Å². The second-order valence-electron chi connectivity index (χ2n) is 5.55. The molecule has 3 heterocycles. The van der Waals surface area contributed by atoms with Gasteiger partial charge in [0.15, 0.2) is 0 Å². The fourth-order valence-corrected chi connectivity index (χ4v) is 2.72. The van der Waals surface area contributed by atoms with Crippen molar-refractivity contribution in [2.45, 2.75) is 18.5 Å². The van der Waals surface area contributed by atoms with E-state index in [1.54, 1.807) is 22.2 Å². The van der Waals surface area contributed by atoms with Crippen molar-refractivity contribution in [3.8, 4) is 0 Å². The van der Waals surface area contributed by atoms with Crippen molar-refractivity contribution in [2.24, 2.45) is 5.92 Å². The zero-order valence-corrected chi connectivity index (χ0v) is 11.3. The van der Waals surface area contributed by atoms with E-state index in [1.165, 1.54) is 0 Å². The molecule has 0 spiro atoms. The fourth-order valence-electron chi connectivity index (χ4n) is 2.72. The van der Waals surface area contributed by atoms with Gasteiger partial charge in [-0.15, -0.1) is 0 Å². The van der Waals surface area contributed by atoms with E-state index >= 15 is 0 Å². The predicted octanol–water partition coefficient (Wildman–Crippen LogP) is 1.42. The summed E-state index contributed by atoms with van der Waals surface area (Å²) in [6.45, 7) is 1.54. The Morgan fingerprint density at radius 2 is 1.86 bits per heavy atom. The lowest BCUT2D eigenvalue weighted by molar-refractivity contribution is -0.168. The molecule has 0 unspecified atom stereocenters. The molecule has 1 aromatic heterocycles. The molecule has 8 heteroatoms. The van der Waals surface area contributed by atoms with E-state index in [0.29, 0.717) is 25.6 Å². The van der Waals surface area contributed by atoms with Crippen LogP contribution in [0.1, 0.15) is 17.9 Å². The Kier molecular flexibility index (Phi) is 3.46. The van der Waals surface area contributed by atoms with Crippen LogP contribution in [0.3, 0.4) is 0 Å². The first kappa shape index (κ1) is 14.1. The number of anilines is 1. The van der Waals surface area contributed by atoms with Crippen LogP contribution in [0.25, 0.3) is 0 Å². The Morgan fingerprint density at radius 3 is 2.38 bits per heavy atom. The quantitative estimate of drug-likeness (QED) is 0.792. The molecular formula is C13H15F3N4O. The van der Waals surface area contributed by atoms with Crippen LogP contribution < -0.4 is 4.90 Å². The average Bonchev–Trinajstić information content (AvgIpc) is 2.88. The highest BCUT2D eigenvalue weighted by Gasteiger charge is 2.44. The normalized spacial score (nSPS) is 23.3. The predicted molar refractivity (Wildman–Crippen MR) is 68.8 cm³/mol. The van der Waals surface area contributed by atoms with Crippen LogP contribution in [0.4, 0.5) is 19.1 Å². The molecule has 0 aliphatic carbocycles. The summed E-state index contributed by atoms with van der Waals surface area (Å²) in [5, 5.41) is 0. The number of aromatic nitrogens is 2. The number of amides is 1. The number of hydrogen-bond acceptors (Lipinski definition) is 4. The largest absolute Gasteiger partial charge is 0.393 e. The van der Waals surface area contributed by atoms with Crippen LogP contribution in [-0.4, -0.2) is 53.6 Å². The number of halogens is 3. The number of hydrogen-bond donors (Lipinski definition) is 0. The van der Waals surface area contributed by atoms with Crippen molar-refractivity contribution in [3.05, 3.63) is 18.0 Å². The van der Waals surface area contributed by atoms with Crippen LogP contribution in [-0.2, 0) is 4.79 Å². The highest BCUT2D eigenvalue weighted by Crippen LogP contribution is 2.34. The minimum Gasteiger partial charge on any atom is -0.344 e. The molecule has 0 radical (unpaired) electrons. The first-order valence-corrected chi connectivity index (χ1v) is 6.80. The van der Waals surface area contributed by atoms with Crippen molar-refractivity contribution < 1.29 is 18.0 Å². The van der Waals surface area contributed by atoms with Crippen LogP contribution in [0, 0.1) is 5.92 Å². The molecule has 5 nitrogen and oxygen atoms in total. The number of likely N-dealkylation sites (tertiary alicyclic amines) is 1. The van der Waals surface area contributed by atoms with Gasteiger partial charge < -0.3 is 9.80 Å². The molecule has 0 N–H and O–H groups in total. The maximum Gasteiger partial charge on any atom is 0.393 e. The minimum atomic E-state index is -4.15. The molecule has 2 saturated heterocycles. The highest BCUT2D eigenvalue weighted by molar-refractivity contribution is 5.50. The van der Waals surface area contributed by atoms with Gasteiger partial charge in [0.1, 0.15) is 0 Å². The molecule has 1 aromatic rings. The molecule has 2 fully saturated rings. The second kappa shape index (κ2) is 5.16. The summed E-state index contributed by atoms with van der Waals surface area (Å²) >= 11 is 0. The monoisotopic (exact) mass is 300 g/mol. The van der Waals surface area contributed by atoms with E-state index < -0.39 is 12.1 Å². The van der Waals surface area contributed by atoms with Gasteiger partial charge in [0.05, 0.1) is 5.92 Å². The Hall–Kier alpha value is -1.86. The van der Waals surface area contributed by atoms with Gasteiger partial charge in [0.2, 0.25) is 12.4 Å². The van der Waals surface area contributed by atoms with Gasteiger partial charge in [0, 0.05) is 44.5 Å². The van der Waals surface area contributed by atoms with Crippen LogP contribution in [0.5, 0.6) is 0 Å². The summed E-state index contributed by atoms with van der Waals surface area (Å²) in [4.78, 5) is 22.1. The maximum absolute atomic E-state index is 12.6. The molecule has 2 aliphatic heterocycles. The third kappa shape index (κ3) is 2.79. The summed E-state index contributed by atoms with van der Waals surface area (Å²) < 4.78 is 37.9. The maximum atomic E-state index is 12.6. The highest BCUT2D eigenvalue weighted by atomic mass is 19.4. The van der Waals surface area contributed by atoms with Crippen molar-refractivity contribution >= 4 is 12.4 Å². The van der Waals surface area contributed by atoms with Crippen LogP contribution >= 0.6 is 0 Å². The summed E-state index contributed by atoms with van der Waals surface area (Å²) in [6.07, 6.45) is 0.0315. The van der Waals surface area contributed by atoms with Crippen molar-refractivity contribution in [2.75, 3.05) is 31.1 Å². The van der Waals surface area contributed by atoms with Gasteiger partial charge in [-0.25, -0.2) is 9.97 Å². The van der Waals surface area contributed by atoms with Crippen LogP contribution in [0.2, 0.25) is 0 Å². The van der Waals surface area contributed by atoms with Gasteiger partial charge in [-0.3, -0.25) is 4.79 Å². The Balaban J connectivity index is 1.62. The number of carbonyl (C=O) groups is 1. The SMILES string of the molecule is O=CN1CC(c2cnc(N3CC[C@H](C(F)(F)F)C3)nc2)C1.